The minimum Gasteiger partial charge on any atom is -0.464 e. The highest BCUT2D eigenvalue weighted by Crippen LogP contribution is 2.24. The number of esters is 1. The minimum absolute atomic E-state index is 0.124. The molecule has 0 aromatic heterocycles. The van der Waals surface area contributed by atoms with Crippen LogP contribution in [0.2, 0.25) is 0 Å². The highest BCUT2D eigenvalue weighted by molar-refractivity contribution is 5.95. The lowest BCUT2D eigenvalue weighted by Crippen LogP contribution is -2.31. The van der Waals surface area contributed by atoms with E-state index < -0.39 is 0 Å². The highest BCUT2D eigenvalue weighted by Gasteiger charge is 2.20. The van der Waals surface area contributed by atoms with Gasteiger partial charge in [-0.3, -0.25) is 0 Å². The number of unbranched alkanes of at least 4 members (excludes halogenated alkanes) is 8. The number of fused-ring (bicyclic) bond motifs is 1. The fourth-order valence-corrected chi connectivity index (χ4v) is 3.74. The number of hydrogen-bond donors (Lipinski definition) is 1. The molecule has 0 aliphatic carbocycles. The molecule has 1 N–H and O–H groups in total. The van der Waals surface area contributed by atoms with Crippen LogP contribution in [0.5, 0.6) is 0 Å². The minimum atomic E-state index is -0.291. The zero-order chi connectivity index (χ0) is 21.4. The fraction of sp³-hybridized carbons (Fsp3) is 0.519. The molecule has 0 aliphatic heterocycles. The monoisotopic (exact) mass is 409 g/mol. The molecule has 0 fully saturated rings. The van der Waals surface area contributed by atoms with Crippen LogP contribution in [-0.2, 0) is 9.53 Å². The van der Waals surface area contributed by atoms with Crippen LogP contribution in [0.15, 0.2) is 55.1 Å². The summed E-state index contributed by atoms with van der Waals surface area (Å²) in [6.45, 7) is 6.44. The number of carbonyl (C=O) groups excluding carboxylic acids is 1. The van der Waals surface area contributed by atoms with Crippen molar-refractivity contribution >= 4 is 22.4 Å². The van der Waals surface area contributed by atoms with Crippen LogP contribution in [0.25, 0.3) is 10.8 Å². The van der Waals surface area contributed by atoms with Gasteiger partial charge in [0.1, 0.15) is 6.04 Å². The van der Waals surface area contributed by atoms with E-state index in [1.165, 1.54) is 37.5 Å². The molecule has 0 bridgehead atoms. The van der Waals surface area contributed by atoms with Crippen molar-refractivity contribution in [2.24, 2.45) is 0 Å². The maximum Gasteiger partial charge on any atom is 0.328 e. The van der Waals surface area contributed by atoms with E-state index in [-0.39, 0.29) is 12.0 Å². The van der Waals surface area contributed by atoms with Gasteiger partial charge in [-0.1, -0.05) is 94.3 Å². The molecule has 0 heterocycles. The normalized spacial score (nSPS) is 11.9. The number of rotatable bonds is 16. The van der Waals surface area contributed by atoms with Crippen LogP contribution >= 0.6 is 0 Å². The molecule has 0 spiro atoms. The molecule has 30 heavy (non-hydrogen) atoms. The van der Waals surface area contributed by atoms with Gasteiger partial charge in [0.2, 0.25) is 0 Å². The van der Waals surface area contributed by atoms with Gasteiger partial charge in [-0.05, 0) is 37.1 Å². The SMILES string of the molecule is C=CCCCCCCCCCOC(=O)[C@@H](CCCC)Nc1cccc2ccccc12. The predicted octanol–water partition coefficient (Wildman–Crippen LogP) is 7.66. The zero-order valence-electron chi connectivity index (χ0n) is 18.7. The van der Waals surface area contributed by atoms with Gasteiger partial charge >= 0.3 is 5.97 Å². The average Bonchev–Trinajstić information content (AvgIpc) is 2.77. The Morgan fingerprint density at radius 3 is 2.43 bits per heavy atom. The van der Waals surface area contributed by atoms with Crippen LogP contribution in [0.1, 0.15) is 77.6 Å². The van der Waals surface area contributed by atoms with Gasteiger partial charge in [0.05, 0.1) is 6.61 Å². The van der Waals surface area contributed by atoms with Crippen LogP contribution in [0.4, 0.5) is 5.69 Å². The smallest absolute Gasteiger partial charge is 0.328 e. The van der Waals surface area contributed by atoms with Crippen molar-refractivity contribution in [2.45, 2.75) is 83.6 Å². The number of ether oxygens (including phenoxy) is 1. The Balaban J connectivity index is 1.76. The predicted molar refractivity (Wildman–Crippen MR) is 129 cm³/mol. The summed E-state index contributed by atoms with van der Waals surface area (Å²) in [7, 11) is 0. The maximum absolute atomic E-state index is 12.7. The summed E-state index contributed by atoms with van der Waals surface area (Å²) in [4.78, 5) is 12.7. The summed E-state index contributed by atoms with van der Waals surface area (Å²) in [5.74, 6) is -0.124. The topological polar surface area (TPSA) is 38.3 Å². The third-order valence-corrected chi connectivity index (χ3v) is 5.55. The highest BCUT2D eigenvalue weighted by atomic mass is 16.5. The lowest BCUT2D eigenvalue weighted by molar-refractivity contribution is -0.144. The Kier molecular flexibility index (Phi) is 11.7. The molecule has 1 atom stereocenters. The second-order valence-electron chi connectivity index (χ2n) is 8.09. The van der Waals surface area contributed by atoms with Crippen LogP contribution in [0.3, 0.4) is 0 Å². The van der Waals surface area contributed by atoms with Crippen LogP contribution in [0, 0.1) is 0 Å². The molecule has 0 unspecified atom stereocenters. The molecule has 3 heteroatoms. The third-order valence-electron chi connectivity index (χ3n) is 5.55. The van der Waals surface area contributed by atoms with E-state index in [1.54, 1.807) is 0 Å². The molecular formula is C27H39NO2. The van der Waals surface area contributed by atoms with Crippen molar-refractivity contribution < 1.29 is 9.53 Å². The summed E-state index contributed by atoms with van der Waals surface area (Å²) in [5.41, 5.74) is 1.00. The van der Waals surface area contributed by atoms with E-state index in [4.69, 9.17) is 4.74 Å². The number of carbonyl (C=O) groups is 1. The van der Waals surface area contributed by atoms with Gasteiger partial charge in [-0.2, -0.15) is 0 Å². The first kappa shape index (κ1) is 24.0. The molecule has 0 amide bonds. The van der Waals surface area contributed by atoms with Gasteiger partial charge in [0, 0.05) is 11.1 Å². The molecule has 3 nitrogen and oxygen atoms in total. The van der Waals surface area contributed by atoms with Crippen molar-refractivity contribution in [1.29, 1.82) is 0 Å². The van der Waals surface area contributed by atoms with Gasteiger partial charge < -0.3 is 10.1 Å². The van der Waals surface area contributed by atoms with Crippen LogP contribution in [-0.4, -0.2) is 18.6 Å². The Labute approximate surface area is 182 Å². The molecule has 2 aromatic carbocycles. The first-order valence-electron chi connectivity index (χ1n) is 11.8. The zero-order valence-corrected chi connectivity index (χ0v) is 18.7. The lowest BCUT2D eigenvalue weighted by atomic mass is 10.1. The maximum atomic E-state index is 12.7. The first-order valence-corrected chi connectivity index (χ1v) is 11.8. The Bertz CT molecular complexity index is 750. The number of anilines is 1. The van der Waals surface area contributed by atoms with E-state index in [2.05, 4.69) is 37.0 Å². The molecule has 0 saturated carbocycles. The number of nitrogens with one attached hydrogen (secondary N) is 1. The molecule has 2 aromatic rings. The fourth-order valence-electron chi connectivity index (χ4n) is 3.74. The first-order chi connectivity index (χ1) is 14.8. The summed E-state index contributed by atoms with van der Waals surface area (Å²) in [6, 6.07) is 14.1. The van der Waals surface area contributed by atoms with Crippen LogP contribution < -0.4 is 5.32 Å². The largest absolute Gasteiger partial charge is 0.464 e. The molecule has 164 valence electrons. The number of hydrogen-bond acceptors (Lipinski definition) is 3. The van der Waals surface area contributed by atoms with Gasteiger partial charge in [-0.15, -0.1) is 6.58 Å². The Morgan fingerprint density at radius 1 is 0.967 bits per heavy atom. The lowest BCUT2D eigenvalue weighted by Gasteiger charge is -2.20. The van der Waals surface area contributed by atoms with Crippen molar-refractivity contribution in [2.75, 3.05) is 11.9 Å². The summed E-state index contributed by atoms with van der Waals surface area (Å²) >= 11 is 0. The van der Waals surface area contributed by atoms with Gasteiger partial charge in [0.25, 0.3) is 0 Å². The van der Waals surface area contributed by atoms with E-state index in [0.29, 0.717) is 6.61 Å². The number of allylic oxidation sites excluding steroid dienone is 1. The van der Waals surface area contributed by atoms with Gasteiger partial charge in [-0.25, -0.2) is 4.79 Å². The van der Waals surface area contributed by atoms with Crippen molar-refractivity contribution in [3.05, 3.63) is 55.1 Å². The second-order valence-corrected chi connectivity index (χ2v) is 8.09. The third kappa shape index (κ3) is 8.61. The molecule has 2 rings (SSSR count). The van der Waals surface area contributed by atoms with Gasteiger partial charge in [0.15, 0.2) is 0 Å². The summed E-state index contributed by atoms with van der Waals surface area (Å²) in [6.07, 6.45) is 14.4. The standard InChI is InChI=1S/C27H39NO2/c1-3-5-7-8-9-10-11-12-15-22-30-27(29)26(20-6-4-2)28-25-21-16-18-23-17-13-14-19-24(23)25/h3,13-14,16-19,21,26,28H,1,4-12,15,20,22H2,2H3/t26-/m1/s1. The van der Waals surface area contributed by atoms with Crippen molar-refractivity contribution in [1.82, 2.24) is 0 Å². The Morgan fingerprint density at radius 2 is 1.67 bits per heavy atom. The average molecular weight is 410 g/mol. The van der Waals surface area contributed by atoms with Crippen molar-refractivity contribution in [3.63, 3.8) is 0 Å². The number of benzene rings is 2. The van der Waals surface area contributed by atoms with Crippen molar-refractivity contribution in [3.8, 4) is 0 Å². The molecule has 0 aliphatic rings. The van der Waals surface area contributed by atoms with E-state index in [0.717, 1.165) is 49.6 Å². The van der Waals surface area contributed by atoms with E-state index in [1.807, 2.05) is 30.3 Å². The summed E-state index contributed by atoms with van der Waals surface area (Å²) < 4.78 is 5.63. The molecular weight excluding hydrogens is 370 g/mol. The van der Waals surface area contributed by atoms with E-state index in [9.17, 15) is 4.79 Å². The van der Waals surface area contributed by atoms with E-state index >= 15 is 0 Å². The summed E-state index contributed by atoms with van der Waals surface area (Å²) in [5, 5.41) is 5.78. The molecule has 0 saturated heterocycles. The molecule has 0 radical (unpaired) electrons. The quantitative estimate of drug-likeness (QED) is 0.176. The Hall–Kier alpha value is -2.29. The second kappa shape index (κ2) is 14.7.